The van der Waals surface area contributed by atoms with Crippen LogP contribution in [0, 0.1) is 16.7 Å². The van der Waals surface area contributed by atoms with Crippen LogP contribution >= 0.6 is 0 Å². The Hall–Kier alpha value is -2.35. The lowest BCUT2D eigenvalue weighted by Crippen LogP contribution is -2.27. The first-order valence-corrected chi connectivity index (χ1v) is 5.78. The van der Waals surface area contributed by atoms with Crippen molar-refractivity contribution < 1.29 is 14.3 Å². The Morgan fingerprint density at radius 2 is 1.95 bits per heavy atom. The van der Waals surface area contributed by atoms with Crippen LogP contribution in [0.1, 0.15) is 33.3 Å². The van der Waals surface area contributed by atoms with Crippen LogP contribution in [0.4, 0.5) is 5.69 Å². The Morgan fingerprint density at radius 1 is 1.32 bits per heavy atom. The van der Waals surface area contributed by atoms with Gasteiger partial charge in [0, 0.05) is 18.4 Å². The molecule has 1 aromatic rings. The fraction of sp³-hybridized carbons (Fsp3) is 0.357. The molecule has 1 amide bonds. The van der Waals surface area contributed by atoms with Gasteiger partial charge in [-0.25, -0.2) is 0 Å². The van der Waals surface area contributed by atoms with Gasteiger partial charge in [-0.05, 0) is 12.1 Å². The number of anilines is 1. The van der Waals surface area contributed by atoms with Crippen molar-refractivity contribution in [1.82, 2.24) is 0 Å². The number of carbonyl (C=O) groups excluding carboxylic acids is 2. The van der Waals surface area contributed by atoms with Crippen LogP contribution in [-0.4, -0.2) is 11.9 Å². The molecule has 0 heterocycles. The fourth-order valence-corrected chi connectivity index (χ4v) is 1.26. The lowest BCUT2D eigenvalue weighted by molar-refractivity contribution is -0.131. The first-order valence-electron chi connectivity index (χ1n) is 5.78. The molecule has 19 heavy (non-hydrogen) atoms. The molecule has 1 aromatic carbocycles. The molecule has 0 radical (unpaired) electrons. The molecule has 0 aromatic heterocycles. The molecule has 100 valence electrons. The molecular formula is C14H16N2O3. The Balaban J connectivity index is 3.01. The summed E-state index contributed by atoms with van der Waals surface area (Å²) in [4.78, 5) is 22.7. The molecule has 0 atom stereocenters. The summed E-state index contributed by atoms with van der Waals surface area (Å²) < 4.78 is 4.88. The van der Waals surface area contributed by atoms with E-state index < -0.39 is 11.4 Å². The highest BCUT2D eigenvalue weighted by Gasteiger charge is 2.22. The van der Waals surface area contributed by atoms with Gasteiger partial charge in [0.2, 0.25) is 5.91 Å². The summed E-state index contributed by atoms with van der Waals surface area (Å²) in [5.41, 5.74) is 0.0936. The van der Waals surface area contributed by atoms with Crippen molar-refractivity contribution in [3.63, 3.8) is 0 Å². The van der Waals surface area contributed by atoms with Crippen molar-refractivity contribution in [2.45, 2.75) is 27.7 Å². The normalized spacial score (nSPS) is 10.5. The van der Waals surface area contributed by atoms with E-state index in [1.54, 1.807) is 26.8 Å². The summed E-state index contributed by atoms with van der Waals surface area (Å²) in [6.07, 6.45) is 0. The molecule has 0 bridgehead atoms. The third-order valence-electron chi connectivity index (χ3n) is 2.30. The van der Waals surface area contributed by atoms with Gasteiger partial charge in [0.25, 0.3) is 0 Å². The number of esters is 1. The average Bonchev–Trinajstić information content (AvgIpc) is 2.29. The van der Waals surface area contributed by atoms with E-state index in [2.05, 4.69) is 5.32 Å². The second kappa shape index (κ2) is 5.53. The summed E-state index contributed by atoms with van der Waals surface area (Å²) in [6, 6.07) is 6.45. The van der Waals surface area contributed by atoms with E-state index >= 15 is 0 Å². The van der Waals surface area contributed by atoms with Crippen LogP contribution in [0.2, 0.25) is 0 Å². The summed E-state index contributed by atoms with van der Waals surface area (Å²) in [5, 5.41) is 11.7. The van der Waals surface area contributed by atoms with Gasteiger partial charge in [-0.2, -0.15) is 5.26 Å². The third kappa shape index (κ3) is 4.11. The van der Waals surface area contributed by atoms with E-state index in [1.807, 2.05) is 6.07 Å². The molecule has 1 rings (SSSR count). The van der Waals surface area contributed by atoms with Crippen LogP contribution in [0.25, 0.3) is 0 Å². The largest absolute Gasteiger partial charge is 0.427 e. The van der Waals surface area contributed by atoms with Gasteiger partial charge in [-0.1, -0.05) is 20.8 Å². The number of nitrogens with one attached hydrogen (secondary N) is 1. The fourth-order valence-electron chi connectivity index (χ4n) is 1.26. The maximum Gasteiger partial charge on any atom is 0.308 e. The number of hydrogen-bond donors (Lipinski definition) is 1. The number of amides is 1. The van der Waals surface area contributed by atoms with Gasteiger partial charge in [-0.3, -0.25) is 9.59 Å². The number of nitrogens with zero attached hydrogens (tertiary/aromatic N) is 1. The first-order chi connectivity index (χ1) is 8.74. The van der Waals surface area contributed by atoms with Crippen LogP contribution in [0.3, 0.4) is 0 Å². The Bertz CT molecular complexity index is 551. The molecule has 0 spiro atoms. The zero-order chi connectivity index (χ0) is 14.6. The van der Waals surface area contributed by atoms with Crippen molar-refractivity contribution in [2.24, 2.45) is 5.41 Å². The average molecular weight is 260 g/mol. The number of benzene rings is 1. The SMILES string of the molecule is CC(=O)Oc1ccc(NC(=O)C(C)(C)C)c(C#N)c1. The van der Waals surface area contributed by atoms with Crippen LogP contribution in [0.5, 0.6) is 5.75 Å². The molecule has 0 fully saturated rings. The van der Waals surface area contributed by atoms with E-state index in [4.69, 9.17) is 10.00 Å². The van der Waals surface area contributed by atoms with E-state index in [1.165, 1.54) is 19.1 Å². The molecule has 0 aliphatic rings. The molecule has 0 unspecified atom stereocenters. The molecular weight excluding hydrogens is 244 g/mol. The maximum absolute atomic E-state index is 11.9. The van der Waals surface area contributed by atoms with Gasteiger partial charge in [0.15, 0.2) is 0 Å². The van der Waals surface area contributed by atoms with Crippen molar-refractivity contribution in [3.8, 4) is 11.8 Å². The smallest absolute Gasteiger partial charge is 0.308 e. The van der Waals surface area contributed by atoms with E-state index in [0.717, 1.165) is 0 Å². The van der Waals surface area contributed by atoms with Crippen LogP contribution in [-0.2, 0) is 9.59 Å². The zero-order valence-electron chi connectivity index (χ0n) is 11.4. The molecule has 5 nitrogen and oxygen atoms in total. The first kappa shape index (κ1) is 14.7. The van der Waals surface area contributed by atoms with Gasteiger partial charge < -0.3 is 10.1 Å². The summed E-state index contributed by atoms with van der Waals surface area (Å²) in [6.45, 7) is 6.62. The number of ether oxygens (including phenoxy) is 1. The van der Waals surface area contributed by atoms with Crippen molar-refractivity contribution in [3.05, 3.63) is 23.8 Å². The predicted octanol–water partition coefficient (Wildman–Crippen LogP) is 2.47. The molecule has 0 saturated heterocycles. The van der Waals surface area contributed by atoms with E-state index in [0.29, 0.717) is 5.69 Å². The van der Waals surface area contributed by atoms with Gasteiger partial charge >= 0.3 is 5.97 Å². The minimum Gasteiger partial charge on any atom is -0.427 e. The third-order valence-corrected chi connectivity index (χ3v) is 2.30. The molecule has 0 saturated carbocycles. The predicted molar refractivity (Wildman–Crippen MR) is 70.6 cm³/mol. The van der Waals surface area contributed by atoms with Crippen LogP contribution < -0.4 is 10.1 Å². The highest BCUT2D eigenvalue weighted by Crippen LogP contribution is 2.24. The minimum absolute atomic E-state index is 0.191. The van der Waals surface area contributed by atoms with E-state index in [-0.39, 0.29) is 17.2 Å². The van der Waals surface area contributed by atoms with Gasteiger partial charge in [-0.15, -0.1) is 0 Å². The highest BCUT2D eigenvalue weighted by molar-refractivity contribution is 5.95. The van der Waals surface area contributed by atoms with E-state index in [9.17, 15) is 9.59 Å². The highest BCUT2D eigenvalue weighted by atomic mass is 16.5. The van der Waals surface area contributed by atoms with Crippen molar-refractivity contribution in [1.29, 1.82) is 5.26 Å². The number of nitriles is 1. The topological polar surface area (TPSA) is 79.2 Å². The Kier molecular flexibility index (Phi) is 4.28. The maximum atomic E-state index is 11.9. The second-order valence-corrected chi connectivity index (χ2v) is 5.12. The van der Waals surface area contributed by atoms with Gasteiger partial charge in [0.1, 0.15) is 11.8 Å². The molecule has 0 aliphatic heterocycles. The lowest BCUT2D eigenvalue weighted by atomic mass is 9.95. The Morgan fingerprint density at radius 3 is 2.42 bits per heavy atom. The summed E-state index contributed by atoms with van der Waals surface area (Å²) >= 11 is 0. The number of carbonyl (C=O) groups is 2. The monoisotopic (exact) mass is 260 g/mol. The zero-order valence-corrected chi connectivity index (χ0v) is 11.4. The van der Waals surface area contributed by atoms with Gasteiger partial charge in [0.05, 0.1) is 11.3 Å². The quantitative estimate of drug-likeness (QED) is 0.654. The van der Waals surface area contributed by atoms with Crippen molar-refractivity contribution >= 4 is 17.6 Å². The van der Waals surface area contributed by atoms with Crippen LogP contribution in [0.15, 0.2) is 18.2 Å². The molecule has 0 aliphatic carbocycles. The van der Waals surface area contributed by atoms with Crippen molar-refractivity contribution in [2.75, 3.05) is 5.32 Å². The lowest BCUT2D eigenvalue weighted by Gasteiger charge is -2.18. The standard InChI is InChI=1S/C14H16N2O3/c1-9(17)19-11-5-6-12(10(7-11)8-15)16-13(18)14(2,3)4/h5-7H,1-4H3,(H,16,18). The minimum atomic E-state index is -0.554. The Labute approximate surface area is 112 Å². The molecule has 5 heteroatoms. The summed E-state index contributed by atoms with van der Waals surface area (Å²) in [7, 11) is 0. The summed E-state index contributed by atoms with van der Waals surface area (Å²) in [5.74, 6) is -0.377. The second-order valence-electron chi connectivity index (χ2n) is 5.12. The number of hydrogen-bond acceptors (Lipinski definition) is 4. The molecule has 1 N–H and O–H groups in total. The number of rotatable bonds is 2.